The van der Waals surface area contributed by atoms with Gasteiger partial charge in [0.05, 0.1) is 0 Å². The largest absolute Gasteiger partial charge is 0.299 e. The Bertz CT molecular complexity index is 232. The number of rotatable bonds is 4. The summed E-state index contributed by atoms with van der Waals surface area (Å²) >= 11 is 0. The van der Waals surface area contributed by atoms with Crippen LogP contribution in [0.25, 0.3) is 0 Å². The third-order valence-electron chi connectivity index (χ3n) is 4.77. The summed E-state index contributed by atoms with van der Waals surface area (Å²) in [6.45, 7) is 2.18. The van der Waals surface area contributed by atoms with Crippen molar-refractivity contribution >= 4 is 5.78 Å². The number of ketones is 1. The summed E-state index contributed by atoms with van der Waals surface area (Å²) < 4.78 is 0. The monoisotopic (exact) mass is 222 g/mol. The first-order valence-corrected chi connectivity index (χ1v) is 7.35. The van der Waals surface area contributed by atoms with E-state index in [9.17, 15) is 4.79 Å². The number of Topliss-reactive ketones (excluding diaryl/α,β-unsaturated/α-hetero) is 1. The van der Waals surface area contributed by atoms with Crippen LogP contribution in [0.2, 0.25) is 0 Å². The van der Waals surface area contributed by atoms with Crippen LogP contribution < -0.4 is 0 Å². The van der Waals surface area contributed by atoms with Crippen LogP contribution in [0.4, 0.5) is 0 Å². The van der Waals surface area contributed by atoms with E-state index in [4.69, 9.17) is 0 Å². The normalized spacial score (nSPS) is 34.4. The molecule has 2 fully saturated rings. The van der Waals surface area contributed by atoms with E-state index in [1.807, 2.05) is 0 Å². The molecule has 3 atom stereocenters. The van der Waals surface area contributed by atoms with Gasteiger partial charge in [0.25, 0.3) is 0 Å². The Morgan fingerprint density at radius 3 is 2.62 bits per heavy atom. The van der Waals surface area contributed by atoms with E-state index in [-0.39, 0.29) is 0 Å². The molecule has 0 heterocycles. The van der Waals surface area contributed by atoms with Crippen molar-refractivity contribution in [2.75, 3.05) is 0 Å². The summed E-state index contributed by atoms with van der Waals surface area (Å²) in [6.07, 6.45) is 12.6. The standard InChI is InChI=1S/C15H26O/c1-2-3-11-15(16)14-10-6-8-12-7-4-5-9-13(12)14/h12-14H,2-11H2,1H3. The molecule has 0 aromatic heterocycles. The molecule has 0 spiro atoms. The zero-order valence-electron chi connectivity index (χ0n) is 10.7. The molecule has 92 valence electrons. The third-order valence-corrected chi connectivity index (χ3v) is 4.77. The van der Waals surface area contributed by atoms with Crippen LogP contribution in [0.5, 0.6) is 0 Å². The van der Waals surface area contributed by atoms with Crippen LogP contribution in [-0.4, -0.2) is 5.78 Å². The van der Waals surface area contributed by atoms with Gasteiger partial charge in [0.2, 0.25) is 0 Å². The first kappa shape index (κ1) is 12.1. The van der Waals surface area contributed by atoms with Crippen LogP contribution in [-0.2, 0) is 4.79 Å². The highest BCUT2D eigenvalue weighted by molar-refractivity contribution is 5.81. The SMILES string of the molecule is CCCCC(=O)C1CCCC2CCCCC21. The molecule has 0 N–H and O–H groups in total. The van der Waals surface area contributed by atoms with Gasteiger partial charge >= 0.3 is 0 Å². The van der Waals surface area contributed by atoms with Gasteiger partial charge in [-0.2, -0.15) is 0 Å². The fourth-order valence-corrected chi connectivity index (χ4v) is 3.87. The summed E-state index contributed by atoms with van der Waals surface area (Å²) in [7, 11) is 0. The lowest BCUT2D eigenvalue weighted by atomic mass is 9.64. The van der Waals surface area contributed by atoms with Crippen molar-refractivity contribution in [3.8, 4) is 0 Å². The molecule has 2 rings (SSSR count). The molecule has 2 aliphatic rings. The molecule has 0 aliphatic heterocycles. The van der Waals surface area contributed by atoms with Crippen molar-refractivity contribution in [2.24, 2.45) is 17.8 Å². The summed E-state index contributed by atoms with van der Waals surface area (Å²) in [5, 5.41) is 0. The molecule has 2 aliphatic carbocycles. The molecule has 0 radical (unpaired) electrons. The van der Waals surface area contributed by atoms with Gasteiger partial charge in [0.1, 0.15) is 5.78 Å². The third kappa shape index (κ3) is 2.67. The maximum Gasteiger partial charge on any atom is 0.136 e. The van der Waals surface area contributed by atoms with Crippen LogP contribution in [0.3, 0.4) is 0 Å². The number of hydrogen-bond donors (Lipinski definition) is 0. The summed E-state index contributed by atoms with van der Waals surface area (Å²) in [4.78, 5) is 12.2. The second-order valence-corrected chi connectivity index (χ2v) is 5.82. The van der Waals surface area contributed by atoms with Crippen LogP contribution in [0.15, 0.2) is 0 Å². The molecule has 1 heteroatoms. The Morgan fingerprint density at radius 2 is 1.81 bits per heavy atom. The average molecular weight is 222 g/mol. The van der Waals surface area contributed by atoms with Gasteiger partial charge in [-0.3, -0.25) is 4.79 Å². The maximum absolute atomic E-state index is 12.2. The molecule has 0 amide bonds. The van der Waals surface area contributed by atoms with Gasteiger partial charge in [-0.15, -0.1) is 0 Å². The van der Waals surface area contributed by atoms with Gasteiger partial charge in [0, 0.05) is 12.3 Å². The van der Waals surface area contributed by atoms with Gasteiger partial charge < -0.3 is 0 Å². The zero-order chi connectivity index (χ0) is 11.4. The minimum absolute atomic E-state index is 0.450. The fraction of sp³-hybridized carbons (Fsp3) is 0.933. The van der Waals surface area contributed by atoms with Crippen LogP contribution >= 0.6 is 0 Å². The number of carbonyl (C=O) groups is 1. The lowest BCUT2D eigenvalue weighted by Crippen LogP contribution is -2.35. The van der Waals surface area contributed by atoms with Crippen molar-refractivity contribution < 1.29 is 4.79 Å². The molecule has 3 unspecified atom stereocenters. The van der Waals surface area contributed by atoms with Gasteiger partial charge in [0.15, 0.2) is 0 Å². The van der Waals surface area contributed by atoms with Gasteiger partial charge in [-0.05, 0) is 31.1 Å². The van der Waals surface area contributed by atoms with Gasteiger partial charge in [-0.25, -0.2) is 0 Å². The number of fused-ring (bicyclic) bond motifs is 1. The Morgan fingerprint density at radius 1 is 1.06 bits per heavy atom. The molecule has 0 saturated heterocycles. The predicted octanol–water partition coefficient (Wildman–Crippen LogP) is 4.35. The van der Waals surface area contributed by atoms with Crippen molar-refractivity contribution in [1.82, 2.24) is 0 Å². The molecule has 0 aromatic carbocycles. The maximum atomic E-state index is 12.2. The summed E-state index contributed by atoms with van der Waals surface area (Å²) in [6, 6.07) is 0. The van der Waals surface area contributed by atoms with Crippen LogP contribution in [0.1, 0.15) is 71.1 Å². The quantitative estimate of drug-likeness (QED) is 0.691. The second-order valence-electron chi connectivity index (χ2n) is 5.82. The molecule has 0 bridgehead atoms. The van der Waals surface area contributed by atoms with E-state index in [1.165, 1.54) is 44.9 Å². The Kier molecular flexibility index (Phi) is 4.43. The Labute approximate surface area is 100.0 Å². The summed E-state index contributed by atoms with van der Waals surface area (Å²) in [5.41, 5.74) is 0. The van der Waals surface area contributed by atoms with Crippen molar-refractivity contribution in [3.05, 3.63) is 0 Å². The van der Waals surface area contributed by atoms with Crippen molar-refractivity contribution in [2.45, 2.75) is 71.1 Å². The summed E-state index contributed by atoms with van der Waals surface area (Å²) in [5.74, 6) is 2.72. The predicted molar refractivity (Wildman–Crippen MR) is 67.3 cm³/mol. The molecule has 1 nitrogen and oxygen atoms in total. The first-order chi connectivity index (χ1) is 7.83. The van der Waals surface area contributed by atoms with E-state index in [0.717, 1.165) is 31.1 Å². The molecule has 16 heavy (non-hydrogen) atoms. The number of unbranched alkanes of at least 4 members (excludes halogenated alkanes) is 1. The minimum atomic E-state index is 0.450. The fourth-order valence-electron chi connectivity index (χ4n) is 3.87. The van der Waals surface area contributed by atoms with E-state index >= 15 is 0 Å². The van der Waals surface area contributed by atoms with Crippen LogP contribution in [0, 0.1) is 17.8 Å². The molecule has 0 aromatic rings. The molecular weight excluding hydrogens is 196 g/mol. The smallest absolute Gasteiger partial charge is 0.136 e. The minimum Gasteiger partial charge on any atom is -0.299 e. The second kappa shape index (κ2) is 5.84. The van der Waals surface area contributed by atoms with Crippen molar-refractivity contribution in [1.29, 1.82) is 0 Å². The topological polar surface area (TPSA) is 17.1 Å². The number of hydrogen-bond acceptors (Lipinski definition) is 1. The average Bonchev–Trinajstić information content (AvgIpc) is 2.35. The van der Waals surface area contributed by atoms with E-state index in [1.54, 1.807) is 0 Å². The first-order valence-electron chi connectivity index (χ1n) is 7.35. The Balaban J connectivity index is 1.93. The highest BCUT2D eigenvalue weighted by Crippen LogP contribution is 2.44. The molecule has 2 saturated carbocycles. The highest BCUT2D eigenvalue weighted by Gasteiger charge is 2.37. The number of carbonyl (C=O) groups excluding carboxylic acids is 1. The van der Waals surface area contributed by atoms with Crippen molar-refractivity contribution in [3.63, 3.8) is 0 Å². The van der Waals surface area contributed by atoms with E-state index < -0.39 is 0 Å². The Hall–Kier alpha value is -0.330. The lowest BCUT2D eigenvalue weighted by Gasteiger charge is -2.40. The van der Waals surface area contributed by atoms with E-state index in [0.29, 0.717) is 11.7 Å². The zero-order valence-corrected chi connectivity index (χ0v) is 10.7. The van der Waals surface area contributed by atoms with E-state index in [2.05, 4.69) is 6.92 Å². The lowest BCUT2D eigenvalue weighted by molar-refractivity contribution is -0.127. The highest BCUT2D eigenvalue weighted by atomic mass is 16.1. The molecular formula is C15H26O. The van der Waals surface area contributed by atoms with Gasteiger partial charge in [-0.1, -0.05) is 45.4 Å².